The van der Waals surface area contributed by atoms with E-state index in [4.69, 9.17) is 4.74 Å². The molecule has 3 rings (SSSR count). The van der Waals surface area contributed by atoms with Gasteiger partial charge in [0.05, 0.1) is 12.0 Å². The van der Waals surface area contributed by atoms with Gasteiger partial charge in [0.25, 0.3) is 5.56 Å². The Balaban J connectivity index is 2.31. The smallest absolute Gasteiger partial charge is 0.331 e. The number of benzene rings is 1. The second-order valence-electron chi connectivity index (χ2n) is 7.18. The monoisotopic (exact) mass is 402 g/mol. The molecule has 0 fully saturated rings. The van der Waals surface area contributed by atoms with Gasteiger partial charge in [0.2, 0.25) is 0 Å². The molecule has 0 amide bonds. The fourth-order valence-corrected chi connectivity index (χ4v) is 4.28. The summed E-state index contributed by atoms with van der Waals surface area (Å²) < 4.78 is 20.8. The second-order valence-corrected chi connectivity index (χ2v) is 8.38. The molecule has 0 aliphatic heterocycles. The minimum atomic E-state index is -1.28. The number of carbonyl (C=O) groups excluding carboxylic acids is 1. The summed E-state index contributed by atoms with van der Waals surface area (Å²) in [6.45, 7) is 8.96. The van der Waals surface area contributed by atoms with Gasteiger partial charge in [-0.15, -0.1) is 11.3 Å². The number of aryl methyl sites for hydroxylation is 2. The Kier molecular flexibility index (Phi) is 5.39. The summed E-state index contributed by atoms with van der Waals surface area (Å²) in [6, 6.07) is 6.36. The van der Waals surface area contributed by atoms with E-state index in [1.54, 1.807) is 39.0 Å². The Morgan fingerprint density at radius 3 is 2.61 bits per heavy atom. The lowest BCUT2D eigenvalue weighted by Gasteiger charge is -2.27. The van der Waals surface area contributed by atoms with Crippen LogP contribution >= 0.6 is 11.3 Å². The molecule has 2 heterocycles. The number of rotatable bonds is 5. The first-order valence-electron chi connectivity index (χ1n) is 9.11. The molecule has 0 atom stereocenters. The molecule has 0 bridgehead atoms. The normalized spacial score (nSPS) is 11.8. The molecule has 3 aromatic rings. The average molecular weight is 402 g/mol. The number of nitrogens with zero attached hydrogens (tertiary/aromatic N) is 2. The Bertz CT molecular complexity index is 1110. The van der Waals surface area contributed by atoms with Crippen LogP contribution in [0, 0.1) is 19.7 Å². The van der Waals surface area contributed by atoms with Gasteiger partial charge in [-0.1, -0.05) is 18.2 Å². The van der Waals surface area contributed by atoms with Crippen molar-refractivity contribution in [3.63, 3.8) is 0 Å². The lowest BCUT2D eigenvalue weighted by atomic mass is 10.0. The molecule has 0 aliphatic rings. The molecule has 2 aromatic heterocycles. The molecule has 0 saturated heterocycles. The predicted octanol–water partition coefficient (Wildman–Crippen LogP) is 4.10. The number of aromatic nitrogens is 2. The van der Waals surface area contributed by atoms with Crippen LogP contribution in [0.4, 0.5) is 4.39 Å². The Morgan fingerprint density at radius 2 is 1.96 bits per heavy atom. The highest BCUT2D eigenvalue weighted by atomic mass is 32.1. The third-order valence-corrected chi connectivity index (χ3v) is 6.01. The van der Waals surface area contributed by atoms with Crippen molar-refractivity contribution in [2.75, 3.05) is 6.61 Å². The summed E-state index contributed by atoms with van der Waals surface area (Å²) in [5.41, 5.74) is -0.330. The minimum absolute atomic E-state index is 0.0939. The Morgan fingerprint density at radius 1 is 1.29 bits per heavy atom. The van der Waals surface area contributed by atoms with Gasteiger partial charge in [-0.3, -0.25) is 9.36 Å². The van der Waals surface area contributed by atoms with Gasteiger partial charge < -0.3 is 4.74 Å². The van der Waals surface area contributed by atoms with Crippen LogP contribution in [0.1, 0.15) is 42.6 Å². The zero-order valence-electron chi connectivity index (χ0n) is 16.6. The second kappa shape index (κ2) is 7.47. The molecule has 0 N–H and O–H groups in total. The van der Waals surface area contributed by atoms with Crippen LogP contribution in [0.15, 0.2) is 29.1 Å². The van der Waals surface area contributed by atoms with Crippen molar-refractivity contribution in [3.8, 4) is 0 Å². The summed E-state index contributed by atoms with van der Waals surface area (Å²) in [6.07, 6.45) is 0.0939. The van der Waals surface area contributed by atoms with Crippen molar-refractivity contribution in [1.82, 2.24) is 9.55 Å². The van der Waals surface area contributed by atoms with Gasteiger partial charge in [0, 0.05) is 11.3 Å². The van der Waals surface area contributed by atoms with Crippen LogP contribution in [-0.4, -0.2) is 22.1 Å². The summed E-state index contributed by atoms with van der Waals surface area (Å²) in [4.78, 5) is 32.3. The predicted molar refractivity (Wildman–Crippen MR) is 109 cm³/mol. The van der Waals surface area contributed by atoms with E-state index in [0.717, 1.165) is 10.4 Å². The SMILES string of the molecule is CCOC(=O)C(C)(C)n1c(Cc2ccccc2F)nc2sc(C)c(C)c2c1=O. The van der Waals surface area contributed by atoms with Gasteiger partial charge in [0.1, 0.15) is 22.0 Å². The molecule has 28 heavy (non-hydrogen) atoms. The van der Waals surface area contributed by atoms with Crippen molar-refractivity contribution in [3.05, 3.63) is 62.3 Å². The zero-order valence-corrected chi connectivity index (χ0v) is 17.4. The number of hydrogen-bond donors (Lipinski definition) is 0. The van der Waals surface area contributed by atoms with Crippen LogP contribution in [0.5, 0.6) is 0 Å². The topological polar surface area (TPSA) is 61.2 Å². The summed E-state index contributed by atoms with van der Waals surface area (Å²) in [5.74, 6) is -0.574. The summed E-state index contributed by atoms with van der Waals surface area (Å²) in [5, 5.41) is 0.497. The van der Waals surface area contributed by atoms with Crippen molar-refractivity contribution in [2.24, 2.45) is 0 Å². The number of carbonyl (C=O) groups is 1. The van der Waals surface area contributed by atoms with Crippen LogP contribution in [0.3, 0.4) is 0 Å². The van der Waals surface area contributed by atoms with Crippen molar-refractivity contribution < 1.29 is 13.9 Å². The molecule has 0 aliphatic carbocycles. The van der Waals surface area contributed by atoms with E-state index in [0.29, 0.717) is 21.6 Å². The van der Waals surface area contributed by atoms with Crippen molar-refractivity contribution in [2.45, 2.75) is 46.6 Å². The van der Waals surface area contributed by atoms with Gasteiger partial charge >= 0.3 is 5.97 Å². The highest BCUT2D eigenvalue weighted by molar-refractivity contribution is 7.18. The Labute approximate surface area is 166 Å². The standard InChI is InChI=1S/C21H23FN2O3S/c1-6-27-20(26)21(4,5)24-16(11-14-9-7-8-10-15(14)22)23-18-17(19(24)25)12(2)13(3)28-18/h7-10H,6,11H2,1-5H3. The molecule has 7 heteroatoms. The van der Waals surface area contributed by atoms with E-state index in [2.05, 4.69) is 4.98 Å². The van der Waals surface area contributed by atoms with Crippen LogP contribution in [0.25, 0.3) is 10.2 Å². The number of fused-ring (bicyclic) bond motifs is 1. The number of thiophene rings is 1. The highest BCUT2D eigenvalue weighted by Crippen LogP contribution is 2.29. The largest absolute Gasteiger partial charge is 0.464 e. The van der Waals surface area contributed by atoms with E-state index in [9.17, 15) is 14.0 Å². The maximum Gasteiger partial charge on any atom is 0.331 e. The fraction of sp³-hybridized carbons (Fsp3) is 0.381. The van der Waals surface area contributed by atoms with Crippen LogP contribution in [0.2, 0.25) is 0 Å². The lowest BCUT2D eigenvalue weighted by molar-refractivity contribution is -0.152. The number of halogens is 1. The summed E-state index contributed by atoms with van der Waals surface area (Å²) >= 11 is 1.43. The molecule has 148 valence electrons. The zero-order chi connectivity index (χ0) is 20.6. The van der Waals surface area contributed by atoms with E-state index in [1.807, 2.05) is 13.8 Å². The van der Waals surface area contributed by atoms with Gasteiger partial charge in [-0.25, -0.2) is 14.2 Å². The first-order valence-corrected chi connectivity index (χ1v) is 9.92. The maximum atomic E-state index is 14.3. The van der Waals surface area contributed by atoms with Crippen molar-refractivity contribution >= 4 is 27.5 Å². The molecular formula is C21H23FN2O3S. The first-order chi connectivity index (χ1) is 13.2. The average Bonchev–Trinajstić information content (AvgIpc) is 2.91. The molecule has 0 radical (unpaired) electrons. The molecule has 1 aromatic carbocycles. The summed E-state index contributed by atoms with van der Waals surface area (Å²) in [7, 11) is 0. The van der Waals surface area contributed by atoms with E-state index < -0.39 is 11.5 Å². The Hall–Kier alpha value is -2.54. The third kappa shape index (κ3) is 3.35. The molecule has 0 unspecified atom stereocenters. The fourth-order valence-electron chi connectivity index (χ4n) is 3.24. The van der Waals surface area contributed by atoms with E-state index >= 15 is 0 Å². The number of ether oxygens (including phenoxy) is 1. The minimum Gasteiger partial charge on any atom is -0.464 e. The lowest BCUT2D eigenvalue weighted by Crippen LogP contribution is -2.46. The number of hydrogen-bond acceptors (Lipinski definition) is 5. The molecule has 0 spiro atoms. The highest BCUT2D eigenvalue weighted by Gasteiger charge is 2.36. The van der Waals surface area contributed by atoms with Crippen LogP contribution in [-0.2, 0) is 21.5 Å². The molecular weight excluding hydrogens is 379 g/mol. The van der Waals surface area contributed by atoms with Crippen LogP contribution < -0.4 is 5.56 Å². The quantitative estimate of drug-likeness (QED) is 0.603. The van der Waals surface area contributed by atoms with E-state index in [1.165, 1.54) is 22.0 Å². The van der Waals surface area contributed by atoms with Gasteiger partial charge in [-0.05, 0) is 51.8 Å². The van der Waals surface area contributed by atoms with Crippen molar-refractivity contribution in [1.29, 1.82) is 0 Å². The first kappa shape index (κ1) is 20.2. The van der Waals surface area contributed by atoms with Gasteiger partial charge in [0.15, 0.2) is 0 Å². The molecule has 0 saturated carbocycles. The third-order valence-electron chi connectivity index (χ3n) is 4.91. The molecule has 5 nitrogen and oxygen atoms in total. The van der Waals surface area contributed by atoms with E-state index in [-0.39, 0.29) is 24.4 Å². The number of esters is 1. The maximum absolute atomic E-state index is 14.3. The van der Waals surface area contributed by atoms with Gasteiger partial charge in [-0.2, -0.15) is 0 Å².